The molecule has 1 saturated heterocycles. The molecule has 0 unspecified atom stereocenters. The van der Waals surface area contributed by atoms with Gasteiger partial charge >= 0.3 is 0 Å². The predicted octanol–water partition coefficient (Wildman–Crippen LogP) is 2.77. The monoisotopic (exact) mass is 366 g/mol. The molecule has 0 bridgehead atoms. The summed E-state index contributed by atoms with van der Waals surface area (Å²) in [6.45, 7) is 2.47. The van der Waals surface area contributed by atoms with Gasteiger partial charge in [0.2, 0.25) is 11.0 Å². The Morgan fingerprint density at radius 1 is 1.46 bits per heavy atom. The molecule has 1 fully saturated rings. The molecule has 1 amide bonds. The molecule has 0 spiro atoms. The number of carbonyl (C=O) groups is 1. The molecule has 1 N–H and O–H groups in total. The fourth-order valence-electron chi connectivity index (χ4n) is 2.88. The molecule has 8 heteroatoms. The molecule has 1 aliphatic heterocycles. The molecular weight excluding hydrogens is 348 g/mol. The highest BCUT2D eigenvalue weighted by molar-refractivity contribution is 7.15. The second-order valence-electron chi connectivity index (χ2n) is 5.72. The lowest BCUT2D eigenvalue weighted by Crippen LogP contribution is -2.31. The topological polar surface area (TPSA) is 67.4 Å². The maximum Gasteiger partial charge on any atom is 0.240 e. The molecule has 1 aliphatic rings. The summed E-state index contributed by atoms with van der Waals surface area (Å²) in [5.41, 5.74) is 1.16. The van der Waals surface area contributed by atoms with Gasteiger partial charge in [0.05, 0.1) is 6.54 Å². The first kappa shape index (κ1) is 17.3. The van der Waals surface area contributed by atoms with Gasteiger partial charge in [-0.3, -0.25) is 15.0 Å². The molecule has 0 saturated carbocycles. The zero-order valence-electron chi connectivity index (χ0n) is 13.4. The van der Waals surface area contributed by atoms with E-state index in [1.54, 1.807) is 7.11 Å². The Morgan fingerprint density at radius 2 is 2.29 bits per heavy atom. The van der Waals surface area contributed by atoms with Gasteiger partial charge in [-0.05, 0) is 30.5 Å². The van der Waals surface area contributed by atoms with Gasteiger partial charge in [-0.25, -0.2) is 0 Å². The lowest BCUT2D eigenvalue weighted by atomic mass is 9.98. The number of nitrogens with one attached hydrogen (secondary N) is 1. The van der Waals surface area contributed by atoms with Crippen LogP contribution in [0.2, 0.25) is 5.02 Å². The van der Waals surface area contributed by atoms with Crippen LogP contribution < -0.4 is 5.32 Å². The number of halogens is 1. The standard InChI is InChI=1S/C16H19ClN4O2S/c1-23-10-15-19-20-16(24-15)18-14(22)9-21-7-6-11(8-21)12-4-2-3-5-13(12)17/h2-5,11H,6-10H2,1H3,(H,18,20,22)/t11-/m1/s1. The van der Waals surface area contributed by atoms with Gasteiger partial charge < -0.3 is 4.74 Å². The molecule has 128 valence electrons. The molecule has 3 rings (SSSR count). The number of aromatic nitrogens is 2. The third kappa shape index (κ3) is 4.30. The molecular formula is C16H19ClN4O2S. The Labute approximate surface area is 149 Å². The van der Waals surface area contributed by atoms with Gasteiger partial charge in [0, 0.05) is 18.7 Å². The summed E-state index contributed by atoms with van der Waals surface area (Å²) in [6.07, 6.45) is 1.01. The van der Waals surface area contributed by atoms with Crippen molar-refractivity contribution >= 4 is 34.0 Å². The SMILES string of the molecule is COCc1nnc(NC(=O)CN2CC[C@@H](c3ccccc3Cl)C2)s1. The first-order valence-electron chi connectivity index (χ1n) is 7.73. The van der Waals surface area contributed by atoms with Gasteiger partial charge in [0.15, 0.2) is 0 Å². The third-order valence-electron chi connectivity index (χ3n) is 3.97. The summed E-state index contributed by atoms with van der Waals surface area (Å²) >= 11 is 7.60. The summed E-state index contributed by atoms with van der Waals surface area (Å²) in [5.74, 6) is 0.302. The molecule has 0 aliphatic carbocycles. The van der Waals surface area contributed by atoms with E-state index in [9.17, 15) is 4.79 Å². The number of nitrogens with zero attached hydrogens (tertiary/aromatic N) is 3. The van der Waals surface area contributed by atoms with Crippen LogP contribution in [0.1, 0.15) is 22.9 Å². The summed E-state index contributed by atoms with van der Waals surface area (Å²) < 4.78 is 4.99. The molecule has 24 heavy (non-hydrogen) atoms. The van der Waals surface area contributed by atoms with E-state index in [0.717, 1.165) is 35.1 Å². The van der Waals surface area contributed by atoms with Gasteiger partial charge in [-0.1, -0.05) is 41.1 Å². The maximum atomic E-state index is 12.2. The maximum absolute atomic E-state index is 12.2. The normalized spacial score (nSPS) is 18.0. The van der Waals surface area contributed by atoms with E-state index in [-0.39, 0.29) is 5.91 Å². The van der Waals surface area contributed by atoms with Crippen molar-refractivity contribution in [3.63, 3.8) is 0 Å². The van der Waals surface area contributed by atoms with E-state index in [1.807, 2.05) is 18.2 Å². The van der Waals surface area contributed by atoms with Crippen LogP contribution in [0.4, 0.5) is 5.13 Å². The minimum absolute atomic E-state index is 0.0741. The molecule has 0 radical (unpaired) electrons. The smallest absolute Gasteiger partial charge is 0.240 e. The Bertz CT molecular complexity index is 709. The van der Waals surface area contributed by atoms with Crippen LogP contribution >= 0.6 is 22.9 Å². The van der Waals surface area contributed by atoms with Crippen molar-refractivity contribution in [3.05, 3.63) is 39.9 Å². The number of ether oxygens (including phenoxy) is 1. The molecule has 6 nitrogen and oxygen atoms in total. The van der Waals surface area contributed by atoms with Crippen LogP contribution in [0.3, 0.4) is 0 Å². The van der Waals surface area contributed by atoms with Crippen molar-refractivity contribution in [3.8, 4) is 0 Å². The quantitative estimate of drug-likeness (QED) is 0.851. The molecule has 1 aromatic heterocycles. The largest absolute Gasteiger partial charge is 0.377 e. The summed E-state index contributed by atoms with van der Waals surface area (Å²) in [6, 6.07) is 7.92. The van der Waals surface area contributed by atoms with Gasteiger partial charge in [0.25, 0.3) is 0 Å². The highest BCUT2D eigenvalue weighted by Gasteiger charge is 2.26. The number of hydrogen-bond donors (Lipinski definition) is 1. The number of hydrogen-bond acceptors (Lipinski definition) is 6. The molecule has 1 atom stereocenters. The zero-order chi connectivity index (χ0) is 16.9. The number of methoxy groups -OCH3 is 1. The van der Waals surface area contributed by atoms with E-state index >= 15 is 0 Å². The number of likely N-dealkylation sites (tertiary alicyclic amines) is 1. The highest BCUT2D eigenvalue weighted by Crippen LogP contribution is 2.31. The summed E-state index contributed by atoms with van der Waals surface area (Å²) in [5, 5.41) is 12.7. The van der Waals surface area contributed by atoms with Crippen molar-refractivity contribution in [1.82, 2.24) is 15.1 Å². The number of rotatable bonds is 6. The van der Waals surface area contributed by atoms with Crippen LogP contribution in [0, 0.1) is 0 Å². The first-order valence-corrected chi connectivity index (χ1v) is 8.93. The lowest BCUT2D eigenvalue weighted by molar-refractivity contribution is -0.117. The van der Waals surface area contributed by atoms with Crippen molar-refractivity contribution in [2.24, 2.45) is 0 Å². The van der Waals surface area contributed by atoms with Crippen molar-refractivity contribution in [1.29, 1.82) is 0 Å². The van der Waals surface area contributed by atoms with Gasteiger partial charge in [-0.2, -0.15) is 0 Å². The Hall–Kier alpha value is -1.54. The highest BCUT2D eigenvalue weighted by atomic mass is 35.5. The van der Waals surface area contributed by atoms with Gasteiger partial charge in [-0.15, -0.1) is 10.2 Å². The minimum atomic E-state index is -0.0741. The average molecular weight is 367 g/mol. The van der Waals surface area contributed by atoms with E-state index < -0.39 is 0 Å². The fourth-order valence-corrected chi connectivity index (χ4v) is 3.90. The van der Waals surface area contributed by atoms with E-state index in [0.29, 0.717) is 24.2 Å². The molecule has 1 aromatic carbocycles. The predicted molar refractivity (Wildman–Crippen MR) is 94.5 cm³/mol. The van der Waals surface area contributed by atoms with Crippen molar-refractivity contribution in [2.45, 2.75) is 18.9 Å². The minimum Gasteiger partial charge on any atom is -0.377 e. The van der Waals surface area contributed by atoms with Crippen LogP contribution in [0.25, 0.3) is 0 Å². The number of benzene rings is 1. The van der Waals surface area contributed by atoms with Gasteiger partial charge in [0.1, 0.15) is 11.6 Å². The Morgan fingerprint density at radius 3 is 3.08 bits per heavy atom. The first-order chi connectivity index (χ1) is 11.7. The number of anilines is 1. The molecule has 2 aromatic rings. The third-order valence-corrected chi connectivity index (χ3v) is 5.12. The van der Waals surface area contributed by atoms with Crippen LogP contribution in [0.5, 0.6) is 0 Å². The Balaban J connectivity index is 1.51. The van der Waals surface area contributed by atoms with E-state index in [1.165, 1.54) is 11.3 Å². The van der Waals surface area contributed by atoms with E-state index in [2.05, 4.69) is 26.5 Å². The van der Waals surface area contributed by atoms with Crippen molar-refractivity contribution < 1.29 is 9.53 Å². The number of amides is 1. The second-order valence-corrected chi connectivity index (χ2v) is 7.19. The lowest BCUT2D eigenvalue weighted by Gasteiger charge is -2.15. The second kappa shape index (κ2) is 8.02. The van der Waals surface area contributed by atoms with Crippen LogP contribution in [-0.2, 0) is 16.1 Å². The summed E-state index contributed by atoms with van der Waals surface area (Å²) in [4.78, 5) is 14.3. The summed E-state index contributed by atoms with van der Waals surface area (Å²) in [7, 11) is 1.60. The fraction of sp³-hybridized carbons (Fsp3) is 0.438. The van der Waals surface area contributed by atoms with Crippen molar-refractivity contribution in [2.75, 3.05) is 32.1 Å². The van der Waals surface area contributed by atoms with Crippen LogP contribution in [-0.4, -0.2) is 47.7 Å². The van der Waals surface area contributed by atoms with Crippen LogP contribution in [0.15, 0.2) is 24.3 Å². The van der Waals surface area contributed by atoms with E-state index in [4.69, 9.17) is 16.3 Å². The molecule has 2 heterocycles. The number of carbonyl (C=O) groups excluding carboxylic acids is 1. The Kier molecular flexibility index (Phi) is 5.78. The average Bonchev–Trinajstić information content (AvgIpc) is 3.18. The zero-order valence-corrected chi connectivity index (χ0v) is 14.9.